The number of hydrogen-bond acceptors (Lipinski definition) is 5. The third kappa shape index (κ3) is 5.66. The first-order valence-corrected chi connectivity index (χ1v) is 10.5. The smallest absolute Gasteiger partial charge is 0.220 e. The number of carbonyl (C=O) groups is 1. The normalized spacial score (nSPS) is 14.9. The van der Waals surface area contributed by atoms with E-state index in [0.717, 1.165) is 24.4 Å². The summed E-state index contributed by atoms with van der Waals surface area (Å²) in [6.07, 6.45) is 3.49. The molecule has 1 saturated heterocycles. The van der Waals surface area contributed by atoms with E-state index >= 15 is 0 Å². The van der Waals surface area contributed by atoms with E-state index in [9.17, 15) is 4.79 Å². The number of aryl methyl sites for hydroxylation is 1. The molecule has 1 aliphatic heterocycles. The number of ether oxygens (including phenoxy) is 3. The van der Waals surface area contributed by atoms with Crippen molar-refractivity contribution in [2.24, 2.45) is 0 Å². The fourth-order valence-electron chi connectivity index (χ4n) is 3.95. The number of carbonyl (C=O) groups excluding carboxylic acids is 1. The number of rotatable bonds is 10. The lowest BCUT2D eigenvalue weighted by molar-refractivity contribution is -0.121. The summed E-state index contributed by atoms with van der Waals surface area (Å²) in [4.78, 5) is 15.0. The summed E-state index contributed by atoms with van der Waals surface area (Å²) in [6, 6.07) is 14.1. The highest BCUT2D eigenvalue weighted by Crippen LogP contribution is 2.29. The molecular weight excluding hydrogens is 380 g/mol. The van der Waals surface area contributed by atoms with Gasteiger partial charge in [0.05, 0.1) is 27.4 Å². The van der Waals surface area contributed by atoms with Crippen LogP contribution in [0.2, 0.25) is 0 Å². The minimum absolute atomic E-state index is 0.0527. The first-order chi connectivity index (χ1) is 14.6. The van der Waals surface area contributed by atoms with Crippen LogP contribution in [0.25, 0.3) is 0 Å². The number of likely N-dealkylation sites (tertiary alicyclic amines) is 1. The van der Waals surface area contributed by atoms with Crippen molar-refractivity contribution in [2.45, 2.75) is 31.7 Å². The monoisotopic (exact) mass is 412 g/mol. The molecule has 0 saturated carbocycles. The number of amides is 1. The third-order valence-electron chi connectivity index (χ3n) is 5.64. The SMILES string of the molecule is COc1cccc(C(CNC(=O)CCc2ccc(OC)c(OC)c2)N2CCCC2)c1. The van der Waals surface area contributed by atoms with Crippen molar-refractivity contribution in [1.82, 2.24) is 10.2 Å². The number of nitrogens with zero attached hydrogens (tertiary/aromatic N) is 1. The predicted molar refractivity (Wildman–Crippen MR) is 117 cm³/mol. The van der Waals surface area contributed by atoms with E-state index < -0.39 is 0 Å². The van der Waals surface area contributed by atoms with Crippen LogP contribution in [-0.2, 0) is 11.2 Å². The molecule has 1 fully saturated rings. The molecule has 1 aliphatic rings. The van der Waals surface area contributed by atoms with E-state index in [2.05, 4.69) is 22.3 Å². The summed E-state index contributed by atoms with van der Waals surface area (Å²) in [5.41, 5.74) is 2.23. The second-order valence-corrected chi connectivity index (χ2v) is 7.53. The molecule has 0 radical (unpaired) electrons. The molecule has 2 aromatic carbocycles. The Bertz CT molecular complexity index is 834. The van der Waals surface area contributed by atoms with Gasteiger partial charge in [-0.05, 0) is 67.7 Å². The maximum Gasteiger partial charge on any atom is 0.220 e. The van der Waals surface area contributed by atoms with E-state index in [1.807, 2.05) is 30.3 Å². The van der Waals surface area contributed by atoms with Gasteiger partial charge >= 0.3 is 0 Å². The molecule has 1 heterocycles. The van der Waals surface area contributed by atoms with Crippen LogP contribution in [0.3, 0.4) is 0 Å². The molecule has 3 rings (SSSR count). The van der Waals surface area contributed by atoms with Gasteiger partial charge < -0.3 is 19.5 Å². The minimum atomic E-state index is 0.0527. The van der Waals surface area contributed by atoms with Gasteiger partial charge in [-0.3, -0.25) is 9.69 Å². The molecule has 0 aliphatic carbocycles. The molecule has 2 aromatic rings. The van der Waals surface area contributed by atoms with Crippen molar-refractivity contribution >= 4 is 5.91 Å². The zero-order valence-corrected chi connectivity index (χ0v) is 18.1. The lowest BCUT2D eigenvalue weighted by atomic mass is 10.0. The van der Waals surface area contributed by atoms with Gasteiger partial charge in [0.15, 0.2) is 11.5 Å². The van der Waals surface area contributed by atoms with Gasteiger partial charge in [-0.1, -0.05) is 18.2 Å². The van der Waals surface area contributed by atoms with Gasteiger partial charge in [0, 0.05) is 13.0 Å². The lowest BCUT2D eigenvalue weighted by Gasteiger charge is -2.28. The molecular formula is C24H32N2O4. The molecule has 1 atom stereocenters. The molecule has 0 spiro atoms. The quantitative estimate of drug-likeness (QED) is 0.646. The Morgan fingerprint density at radius 3 is 2.47 bits per heavy atom. The number of hydrogen-bond donors (Lipinski definition) is 1. The molecule has 162 valence electrons. The second kappa shape index (κ2) is 10.9. The fourth-order valence-corrected chi connectivity index (χ4v) is 3.95. The molecule has 1 unspecified atom stereocenters. The van der Waals surface area contributed by atoms with Crippen LogP contribution in [0, 0.1) is 0 Å². The summed E-state index contributed by atoms with van der Waals surface area (Å²) >= 11 is 0. The molecule has 1 amide bonds. The standard InChI is InChI=1S/C24H32N2O4/c1-28-20-8-6-7-19(16-20)21(26-13-4-5-14-26)17-25-24(27)12-10-18-9-11-22(29-2)23(15-18)30-3/h6-9,11,15-16,21H,4-5,10,12-14,17H2,1-3H3,(H,25,27). The van der Waals surface area contributed by atoms with Crippen LogP contribution in [0.4, 0.5) is 0 Å². The average molecular weight is 413 g/mol. The van der Waals surface area contributed by atoms with Crippen molar-refractivity contribution in [1.29, 1.82) is 0 Å². The van der Waals surface area contributed by atoms with Crippen molar-refractivity contribution in [2.75, 3.05) is 41.0 Å². The van der Waals surface area contributed by atoms with Crippen molar-refractivity contribution in [3.05, 3.63) is 53.6 Å². The topological polar surface area (TPSA) is 60.0 Å². The molecule has 0 aromatic heterocycles. The Labute approximate surface area is 179 Å². The van der Waals surface area contributed by atoms with Gasteiger partial charge in [0.1, 0.15) is 5.75 Å². The van der Waals surface area contributed by atoms with Crippen LogP contribution < -0.4 is 19.5 Å². The zero-order chi connectivity index (χ0) is 21.3. The lowest BCUT2D eigenvalue weighted by Crippen LogP contribution is -2.36. The summed E-state index contributed by atoms with van der Waals surface area (Å²) in [7, 11) is 4.91. The summed E-state index contributed by atoms with van der Waals surface area (Å²) in [5.74, 6) is 2.27. The molecule has 30 heavy (non-hydrogen) atoms. The highest BCUT2D eigenvalue weighted by molar-refractivity contribution is 5.76. The third-order valence-corrected chi connectivity index (χ3v) is 5.64. The van der Waals surface area contributed by atoms with Crippen molar-refractivity contribution in [3.8, 4) is 17.2 Å². The fraction of sp³-hybridized carbons (Fsp3) is 0.458. The van der Waals surface area contributed by atoms with Crippen LogP contribution in [0.1, 0.15) is 36.4 Å². The summed E-state index contributed by atoms with van der Waals surface area (Å²) in [6.45, 7) is 2.71. The van der Waals surface area contributed by atoms with Gasteiger partial charge in [-0.15, -0.1) is 0 Å². The van der Waals surface area contributed by atoms with Crippen molar-refractivity contribution in [3.63, 3.8) is 0 Å². The van der Waals surface area contributed by atoms with Crippen LogP contribution in [-0.4, -0.2) is 51.8 Å². The van der Waals surface area contributed by atoms with E-state index in [1.54, 1.807) is 21.3 Å². The van der Waals surface area contributed by atoms with Gasteiger partial charge in [-0.2, -0.15) is 0 Å². The van der Waals surface area contributed by atoms with Gasteiger partial charge in [0.25, 0.3) is 0 Å². The second-order valence-electron chi connectivity index (χ2n) is 7.53. The first kappa shape index (κ1) is 22.0. The highest BCUT2D eigenvalue weighted by atomic mass is 16.5. The summed E-state index contributed by atoms with van der Waals surface area (Å²) < 4.78 is 16.0. The van der Waals surface area contributed by atoms with Gasteiger partial charge in [0.2, 0.25) is 5.91 Å². The van der Waals surface area contributed by atoms with E-state index in [1.165, 1.54) is 18.4 Å². The van der Waals surface area contributed by atoms with Crippen molar-refractivity contribution < 1.29 is 19.0 Å². The summed E-state index contributed by atoms with van der Waals surface area (Å²) in [5, 5.41) is 3.14. The largest absolute Gasteiger partial charge is 0.497 e. The van der Waals surface area contributed by atoms with E-state index in [-0.39, 0.29) is 11.9 Å². The van der Waals surface area contributed by atoms with Crippen LogP contribution in [0.5, 0.6) is 17.2 Å². The zero-order valence-electron chi connectivity index (χ0n) is 18.1. The number of benzene rings is 2. The van der Waals surface area contributed by atoms with Crippen LogP contribution >= 0.6 is 0 Å². The Morgan fingerprint density at radius 1 is 1.00 bits per heavy atom. The minimum Gasteiger partial charge on any atom is -0.497 e. The Balaban J connectivity index is 1.59. The number of methoxy groups -OCH3 is 3. The van der Waals surface area contributed by atoms with E-state index in [0.29, 0.717) is 30.9 Å². The Hall–Kier alpha value is -2.73. The maximum atomic E-state index is 12.6. The van der Waals surface area contributed by atoms with Gasteiger partial charge in [-0.25, -0.2) is 0 Å². The highest BCUT2D eigenvalue weighted by Gasteiger charge is 2.24. The Morgan fingerprint density at radius 2 is 1.77 bits per heavy atom. The molecule has 1 N–H and O–H groups in total. The molecule has 6 nitrogen and oxygen atoms in total. The molecule has 0 bridgehead atoms. The first-order valence-electron chi connectivity index (χ1n) is 10.5. The van der Waals surface area contributed by atoms with Crippen LogP contribution in [0.15, 0.2) is 42.5 Å². The predicted octanol–water partition coefficient (Wildman–Crippen LogP) is 3.60. The van der Waals surface area contributed by atoms with E-state index in [4.69, 9.17) is 14.2 Å². The maximum absolute atomic E-state index is 12.6. The Kier molecular flexibility index (Phi) is 7.97. The number of nitrogens with one attached hydrogen (secondary N) is 1. The molecule has 6 heteroatoms. The average Bonchev–Trinajstić information content (AvgIpc) is 3.32.